The Morgan fingerprint density at radius 2 is 0.667 bits per heavy atom. The molecule has 4 nitrogen and oxygen atoms in total. The Kier molecular flexibility index (Phi) is 8.93. The van der Waals surface area contributed by atoms with Crippen LogP contribution in [0, 0.1) is 0 Å². The second kappa shape index (κ2) is 15.4. The Hall–Kier alpha value is -8.21. The van der Waals surface area contributed by atoms with Crippen molar-refractivity contribution in [3.63, 3.8) is 0 Å². The summed E-state index contributed by atoms with van der Waals surface area (Å²) in [7, 11) is 0. The molecule has 11 aromatic rings. The van der Waals surface area contributed by atoms with Gasteiger partial charge in [0, 0.05) is 27.5 Å². The highest BCUT2D eigenvalue weighted by Crippen LogP contribution is 2.39. The van der Waals surface area contributed by atoms with Gasteiger partial charge in [-0.05, 0) is 104 Å². The lowest BCUT2D eigenvalue weighted by Gasteiger charge is -2.21. The van der Waals surface area contributed by atoms with Crippen molar-refractivity contribution in [2.24, 2.45) is 0 Å². The number of rotatable bonds is 5. The lowest BCUT2D eigenvalue weighted by atomic mass is 9.83. The van der Waals surface area contributed by atoms with Gasteiger partial charge in [-0.15, -0.1) is 0 Å². The quantitative estimate of drug-likeness (QED) is 0.174. The van der Waals surface area contributed by atoms with Crippen molar-refractivity contribution in [1.29, 1.82) is 0 Å². The zero-order valence-electron chi connectivity index (χ0n) is 34.4. The molecule has 0 saturated carbocycles. The van der Waals surface area contributed by atoms with Crippen LogP contribution in [0.1, 0.15) is 22.3 Å². The predicted octanol–water partition coefficient (Wildman–Crippen LogP) is 14.9. The Bertz CT molecular complexity index is 3500. The number of hydrogen-bond acceptors (Lipinski definition) is 4. The Labute approximate surface area is 365 Å². The molecule has 0 N–H and O–H groups in total. The number of furan rings is 1. The first kappa shape index (κ1) is 36.6. The molecule has 0 unspecified atom stereocenters. The van der Waals surface area contributed by atoms with Crippen LogP contribution < -0.4 is 0 Å². The second-order valence-electron chi connectivity index (χ2n) is 16.3. The fourth-order valence-electron chi connectivity index (χ4n) is 9.26. The number of aromatic nitrogens is 3. The normalized spacial score (nSPS) is 12.0. The van der Waals surface area contributed by atoms with Crippen molar-refractivity contribution in [1.82, 2.24) is 15.0 Å². The van der Waals surface area contributed by atoms with Gasteiger partial charge in [-0.2, -0.15) is 0 Å². The minimum absolute atomic E-state index is 0.627. The molecule has 0 radical (unpaired) electrons. The molecule has 0 atom stereocenters. The molecular weight excluding hydrogens is 767 g/mol. The topological polar surface area (TPSA) is 51.8 Å². The van der Waals surface area contributed by atoms with E-state index >= 15 is 0 Å². The van der Waals surface area contributed by atoms with Crippen LogP contribution in [0.5, 0.6) is 0 Å². The molecule has 9 aromatic carbocycles. The van der Waals surface area contributed by atoms with Crippen LogP contribution in [0.3, 0.4) is 0 Å². The van der Waals surface area contributed by atoms with Gasteiger partial charge in [0.05, 0.1) is 0 Å². The molecule has 296 valence electrons. The Morgan fingerprint density at radius 1 is 0.270 bits per heavy atom. The zero-order valence-corrected chi connectivity index (χ0v) is 34.4. The van der Waals surface area contributed by atoms with Crippen LogP contribution in [0.25, 0.3) is 101 Å². The molecule has 0 saturated heterocycles. The molecule has 4 heteroatoms. The summed E-state index contributed by atoms with van der Waals surface area (Å²) in [6.45, 7) is 0. The van der Waals surface area contributed by atoms with Crippen LogP contribution >= 0.6 is 0 Å². The summed E-state index contributed by atoms with van der Waals surface area (Å²) in [5, 5.41) is 2.23. The van der Waals surface area contributed by atoms with Crippen LogP contribution in [0.2, 0.25) is 0 Å². The maximum atomic E-state index is 6.09. The third kappa shape index (κ3) is 6.79. The minimum Gasteiger partial charge on any atom is -0.456 e. The number of nitrogens with zero attached hydrogens (tertiary/aromatic N) is 3. The molecule has 0 fully saturated rings. The van der Waals surface area contributed by atoms with Gasteiger partial charge >= 0.3 is 0 Å². The van der Waals surface area contributed by atoms with Crippen molar-refractivity contribution >= 4 is 21.9 Å². The van der Waals surface area contributed by atoms with Crippen molar-refractivity contribution < 1.29 is 4.42 Å². The van der Waals surface area contributed by atoms with E-state index in [2.05, 4.69) is 170 Å². The number of para-hydroxylation sites is 1. The van der Waals surface area contributed by atoms with Gasteiger partial charge in [0.25, 0.3) is 0 Å². The van der Waals surface area contributed by atoms with Gasteiger partial charge < -0.3 is 4.42 Å². The van der Waals surface area contributed by atoms with E-state index in [1.54, 1.807) is 0 Å². The van der Waals surface area contributed by atoms with E-state index in [0.717, 1.165) is 68.2 Å². The third-order valence-electron chi connectivity index (χ3n) is 12.5. The van der Waals surface area contributed by atoms with Gasteiger partial charge in [-0.3, -0.25) is 0 Å². The number of hydrogen-bond donors (Lipinski definition) is 0. The summed E-state index contributed by atoms with van der Waals surface area (Å²) in [5.74, 6) is 1.89. The molecule has 63 heavy (non-hydrogen) atoms. The van der Waals surface area contributed by atoms with E-state index in [1.165, 1.54) is 50.1 Å². The number of fused-ring (bicyclic) bond motifs is 9. The van der Waals surface area contributed by atoms with Crippen LogP contribution in [0.4, 0.5) is 0 Å². The highest BCUT2D eigenvalue weighted by molar-refractivity contribution is 6.06. The summed E-state index contributed by atoms with van der Waals surface area (Å²) in [4.78, 5) is 15.1. The molecular formula is C59H39N3O. The lowest BCUT2D eigenvalue weighted by molar-refractivity contribution is 0.669. The van der Waals surface area contributed by atoms with Crippen LogP contribution in [-0.4, -0.2) is 15.0 Å². The summed E-state index contributed by atoms with van der Waals surface area (Å²) < 4.78 is 6.09. The summed E-state index contributed by atoms with van der Waals surface area (Å²) in [5.41, 5.74) is 19.6. The Balaban J connectivity index is 0.897. The molecule has 0 amide bonds. The van der Waals surface area contributed by atoms with Crippen molar-refractivity contribution in [3.05, 3.63) is 235 Å². The maximum absolute atomic E-state index is 6.09. The van der Waals surface area contributed by atoms with Crippen molar-refractivity contribution in [2.45, 2.75) is 12.8 Å². The first-order chi connectivity index (χ1) is 31.2. The molecule has 1 aliphatic rings. The standard InChI is InChI=1S/C59H39N3O/c1-2-12-40(13-3-1)57-60-58(62-59(61-57)42-28-24-39(25-29-42)44-32-33-56-54(37-44)52-20-10-11-21-55(52)63-56)41-26-22-38(23-27-41)43-30-31-48-35-46-15-5-8-18-50(46)49-17-7-4-14-45(49)34-47-16-6-9-19-51(47)53(48)36-43/h1-33,36-37H,34-35H2. The molecule has 1 aliphatic carbocycles. The maximum Gasteiger partial charge on any atom is 0.164 e. The van der Waals surface area contributed by atoms with Crippen molar-refractivity contribution in [2.75, 3.05) is 0 Å². The highest BCUT2D eigenvalue weighted by atomic mass is 16.3. The molecule has 12 rings (SSSR count). The predicted molar refractivity (Wildman–Crippen MR) is 257 cm³/mol. The minimum atomic E-state index is 0.627. The first-order valence-corrected chi connectivity index (χ1v) is 21.5. The van der Waals surface area contributed by atoms with Gasteiger partial charge in [0.1, 0.15) is 11.2 Å². The van der Waals surface area contributed by atoms with E-state index in [4.69, 9.17) is 19.4 Å². The van der Waals surface area contributed by atoms with Gasteiger partial charge in [0.2, 0.25) is 0 Å². The van der Waals surface area contributed by atoms with E-state index in [9.17, 15) is 0 Å². The third-order valence-corrected chi connectivity index (χ3v) is 12.5. The van der Waals surface area contributed by atoms with Crippen LogP contribution in [-0.2, 0) is 12.8 Å². The average molecular weight is 806 g/mol. The summed E-state index contributed by atoms with van der Waals surface area (Å²) >= 11 is 0. The first-order valence-electron chi connectivity index (χ1n) is 21.5. The fraction of sp³-hybridized carbons (Fsp3) is 0.0339. The fourth-order valence-corrected chi connectivity index (χ4v) is 9.26. The molecule has 0 spiro atoms. The van der Waals surface area contributed by atoms with Gasteiger partial charge in [-0.25, -0.2) is 15.0 Å². The van der Waals surface area contributed by atoms with Crippen molar-refractivity contribution in [3.8, 4) is 78.7 Å². The SMILES string of the molecule is c1ccc(-c2nc(-c3ccc(-c4ccc5c(c4)-c4ccccc4Cc4ccccc4-c4ccccc4C5)cc3)nc(-c3ccc(-c4ccc5oc6ccccc6c5c4)cc3)n2)cc1. The average Bonchev–Trinajstić information content (AvgIpc) is 3.73. The lowest BCUT2D eigenvalue weighted by Crippen LogP contribution is -2.02. The highest BCUT2D eigenvalue weighted by Gasteiger charge is 2.19. The summed E-state index contributed by atoms with van der Waals surface area (Å²) in [6.07, 6.45) is 1.71. The van der Waals surface area contributed by atoms with Gasteiger partial charge in [-0.1, -0.05) is 188 Å². The molecule has 0 bridgehead atoms. The second-order valence-corrected chi connectivity index (χ2v) is 16.3. The largest absolute Gasteiger partial charge is 0.456 e. The van der Waals surface area contributed by atoms with Gasteiger partial charge in [0.15, 0.2) is 17.5 Å². The monoisotopic (exact) mass is 805 g/mol. The van der Waals surface area contributed by atoms with E-state index in [-0.39, 0.29) is 0 Å². The van der Waals surface area contributed by atoms with E-state index < -0.39 is 0 Å². The number of benzene rings is 9. The smallest absolute Gasteiger partial charge is 0.164 e. The summed E-state index contributed by atoms with van der Waals surface area (Å²) in [6, 6.07) is 75.5. The van der Waals surface area contributed by atoms with E-state index in [1.807, 2.05) is 42.5 Å². The Morgan fingerprint density at radius 3 is 1.25 bits per heavy atom. The van der Waals surface area contributed by atoms with Crippen LogP contribution in [0.15, 0.2) is 217 Å². The molecule has 2 aromatic heterocycles. The molecule has 0 aliphatic heterocycles. The van der Waals surface area contributed by atoms with E-state index in [0.29, 0.717) is 17.5 Å². The molecule has 2 heterocycles. The zero-order chi connectivity index (χ0) is 41.7.